The first-order valence-electron chi connectivity index (χ1n) is 18.9. The van der Waals surface area contributed by atoms with Crippen molar-refractivity contribution in [2.75, 3.05) is 69.7 Å². The number of nitrogens with one attached hydrogen (secondary N) is 4. The molecule has 0 radical (unpaired) electrons. The monoisotopic (exact) mass is 751 g/mol. The number of ether oxygens (including phenoxy) is 3. The molecule has 0 bridgehead atoms. The first kappa shape index (κ1) is 37.8. The lowest BCUT2D eigenvalue weighted by Crippen LogP contribution is -2.47. The summed E-state index contributed by atoms with van der Waals surface area (Å²) in [4.78, 5) is 60.8. The first-order valence-corrected chi connectivity index (χ1v) is 18.9. The molecule has 2 aromatic carbocycles. The molecule has 3 amide bonds. The summed E-state index contributed by atoms with van der Waals surface area (Å²) < 4.78 is 47.1. The number of likely N-dealkylation sites (tertiary alicyclic amines) is 2. The molecule has 4 aliphatic heterocycles. The highest BCUT2D eigenvalue weighted by molar-refractivity contribution is 6.01. The highest BCUT2D eigenvalue weighted by Gasteiger charge is 2.30. The Labute approximate surface area is 311 Å². The summed E-state index contributed by atoms with van der Waals surface area (Å²) in [6.07, 6.45) is 4.68. The van der Waals surface area contributed by atoms with Crippen LogP contribution in [0.3, 0.4) is 0 Å². The zero-order valence-corrected chi connectivity index (χ0v) is 30.2. The number of nitrogens with zero attached hydrogens (tertiary/aromatic N) is 3. The second-order valence-corrected chi connectivity index (χ2v) is 14.6. The van der Waals surface area contributed by atoms with Crippen LogP contribution in [0.25, 0.3) is 10.9 Å². The number of carbonyl (C=O) groups is 3. The van der Waals surface area contributed by atoms with Gasteiger partial charge in [-0.3, -0.25) is 24.5 Å². The van der Waals surface area contributed by atoms with Gasteiger partial charge < -0.3 is 39.6 Å². The van der Waals surface area contributed by atoms with Crippen molar-refractivity contribution in [3.63, 3.8) is 0 Å². The molecule has 1 aromatic heterocycles. The van der Waals surface area contributed by atoms with Gasteiger partial charge in [-0.1, -0.05) is 0 Å². The van der Waals surface area contributed by atoms with E-state index in [0.717, 1.165) is 58.4 Å². The summed E-state index contributed by atoms with van der Waals surface area (Å²) in [5, 5.41) is 7.84. The minimum Gasteiger partial charge on any atom is -0.493 e. The van der Waals surface area contributed by atoms with E-state index in [1.54, 1.807) is 12.1 Å². The average Bonchev–Trinajstić information content (AvgIpc) is 3.64. The largest absolute Gasteiger partial charge is 0.493 e. The van der Waals surface area contributed by atoms with E-state index in [9.17, 15) is 28.0 Å². The SMILES string of the molecule is O=C1CCC(Nc2ccc(NC(=O)[C@@H]3CCN(CCN4CCC(COc5cc(F)c6c(=O)[nH]c(COC7CCOCC7)nc6c5)CC4)C3)c(F)c2)C(=O)N1. The van der Waals surface area contributed by atoms with Crippen LogP contribution in [-0.4, -0.2) is 109 Å². The van der Waals surface area contributed by atoms with Crippen molar-refractivity contribution in [1.82, 2.24) is 25.1 Å². The smallest absolute Gasteiger partial charge is 0.261 e. The first-order chi connectivity index (χ1) is 26.2. The number of imide groups is 1. The molecule has 54 heavy (non-hydrogen) atoms. The summed E-state index contributed by atoms with van der Waals surface area (Å²) in [7, 11) is 0. The fourth-order valence-corrected chi connectivity index (χ4v) is 7.54. The lowest BCUT2D eigenvalue weighted by Gasteiger charge is -2.32. The van der Waals surface area contributed by atoms with Gasteiger partial charge in [0.25, 0.3) is 5.56 Å². The Bertz CT molecular complexity index is 1900. The lowest BCUT2D eigenvalue weighted by molar-refractivity contribution is -0.133. The van der Waals surface area contributed by atoms with E-state index in [-0.39, 0.29) is 53.5 Å². The second kappa shape index (κ2) is 17.3. The van der Waals surface area contributed by atoms with Gasteiger partial charge in [0, 0.05) is 57.1 Å². The number of piperidine rings is 2. The number of amides is 3. The van der Waals surface area contributed by atoms with E-state index in [1.165, 1.54) is 18.2 Å². The number of hydrogen-bond donors (Lipinski definition) is 4. The maximum Gasteiger partial charge on any atom is 0.261 e. The number of aromatic nitrogens is 2. The Hall–Kier alpha value is -4.51. The molecular weight excluding hydrogens is 704 g/mol. The number of rotatable bonds is 13. The minimum atomic E-state index is -0.674. The van der Waals surface area contributed by atoms with Crippen LogP contribution in [0.1, 0.15) is 50.8 Å². The third-order valence-corrected chi connectivity index (χ3v) is 10.8. The Morgan fingerprint density at radius 2 is 1.72 bits per heavy atom. The number of fused-ring (bicyclic) bond motifs is 1. The van der Waals surface area contributed by atoms with Crippen molar-refractivity contribution in [3.05, 3.63) is 58.1 Å². The van der Waals surface area contributed by atoms with E-state index in [1.807, 2.05) is 0 Å². The van der Waals surface area contributed by atoms with E-state index >= 15 is 0 Å². The van der Waals surface area contributed by atoms with Crippen LogP contribution in [0, 0.1) is 23.5 Å². The van der Waals surface area contributed by atoms with E-state index < -0.39 is 29.1 Å². The third kappa shape index (κ3) is 9.58. The topological polar surface area (TPSA) is 167 Å². The molecule has 3 aromatic rings. The second-order valence-electron chi connectivity index (χ2n) is 14.6. The van der Waals surface area contributed by atoms with Crippen LogP contribution >= 0.6 is 0 Å². The average molecular weight is 752 g/mol. The van der Waals surface area contributed by atoms with Crippen molar-refractivity contribution in [1.29, 1.82) is 0 Å². The molecule has 16 heteroatoms. The molecular formula is C38H47F2N7O7. The number of H-pyrrole nitrogens is 1. The van der Waals surface area contributed by atoms with Crippen LogP contribution in [-0.2, 0) is 30.5 Å². The Morgan fingerprint density at radius 1 is 0.944 bits per heavy atom. The molecule has 4 fully saturated rings. The summed E-state index contributed by atoms with van der Waals surface area (Å²) in [6, 6.07) is 6.54. The molecule has 1 unspecified atom stereocenters. The number of anilines is 2. The Morgan fingerprint density at radius 3 is 2.50 bits per heavy atom. The lowest BCUT2D eigenvalue weighted by atomic mass is 9.98. The fraction of sp³-hybridized carbons (Fsp3) is 0.553. The van der Waals surface area contributed by atoms with Gasteiger partial charge in [-0.15, -0.1) is 0 Å². The molecule has 5 heterocycles. The normalized spacial score (nSPS) is 22.0. The van der Waals surface area contributed by atoms with Gasteiger partial charge in [0.15, 0.2) is 0 Å². The van der Waals surface area contributed by atoms with Crippen LogP contribution in [0.4, 0.5) is 20.2 Å². The Balaban J connectivity index is 0.816. The molecule has 290 valence electrons. The van der Waals surface area contributed by atoms with Crippen molar-refractivity contribution in [2.24, 2.45) is 11.8 Å². The molecule has 7 rings (SSSR count). The number of aromatic amines is 1. The third-order valence-electron chi connectivity index (χ3n) is 10.8. The summed E-state index contributed by atoms with van der Waals surface area (Å²) in [5.41, 5.74) is 0.160. The highest BCUT2D eigenvalue weighted by atomic mass is 19.1. The van der Waals surface area contributed by atoms with Crippen LogP contribution in [0.5, 0.6) is 5.75 Å². The van der Waals surface area contributed by atoms with Gasteiger partial charge in [-0.2, -0.15) is 0 Å². The molecule has 14 nitrogen and oxygen atoms in total. The number of hydrogen-bond acceptors (Lipinski definition) is 11. The van der Waals surface area contributed by atoms with Crippen molar-refractivity contribution < 1.29 is 37.4 Å². The van der Waals surface area contributed by atoms with Gasteiger partial charge in [0.05, 0.1) is 29.8 Å². The van der Waals surface area contributed by atoms with E-state index in [0.29, 0.717) is 62.4 Å². The quantitative estimate of drug-likeness (QED) is 0.190. The molecule has 4 saturated heterocycles. The summed E-state index contributed by atoms with van der Waals surface area (Å²) in [5.74, 6) is -1.54. The zero-order valence-electron chi connectivity index (χ0n) is 30.2. The summed E-state index contributed by atoms with van der Waals surface area (Å²) in [6.45, 7) is 6.72. The number of halogens is 2. The molecule has 0 spiro atoms. The van der Waals surface area contributed by atoms with E-state index in [4.69, 9.17) is 14.2 Å². The maximum atomic E-state index is 15.0. The molecule has 4 N–H and O–H groups in total. The minimum absolute atomic E-state index is 0.0361. The predicted molar refractivity (Wildman–Crippen MR) is 195 cm³/mol. The Kier molecular flexibility index (Phi) is 12.1. The van der Waals surface area contributed by atoms with Gasteiger partial charge in [0.1, 0.15) is 41.2 Å². The predicted octanol–water partition coefficient (Wildman–Crippen LogP) is 3.17. The standard InChI is InChI=1S/C38H47F2N7O7/c39-28-17-25(41-31-3-4-34(48)45-37(31)50)1-2-30(28)43-36(49)24-7-12-47(20-24)14-13-46-10-5-23(6-11-46)21-53-27-18-29(40)35-32(19-27)42-33(44-38(35)51)22-54-26-8-15-52-16-9-26/h1-2,17-19,23-24,26,31,41H,3-16,20-22H2,(H,43,49)(H,42,44,51)(H,45,48,50)/t24-,31?/m1/s1. The molecule has 0 saturated carbocycles. The highest BCUT2D eigenvalue weighted by Crippen LogP contribution is 2.26. The van der Waals surface area contributed by atoms with Crippen molar-refractivity contribution in [3.8, 4) is 5.75 Å². The van der Waals surface area contributed by atoms with Crippen LogP contribution in [0.2, 0.25) is 0 Å². The molecule has 0 aliphatic carbocycles. The van der Waals surface area contributed by atoms with Gasteiger partial charge >= 0.3 is 0 Å². The van der Waals surface area contributed by atoms with Crippen molar-refractivity contribution >= 4 is 40.0 Å². The van der Waals surface area contributed by atoms with Crippen LogP contribution < -0.4 is 26.2 Å². The van der Waals surface area contributed by atoms with Gasteiger partial charge in [-0.25, -0.2) is 13.8 Å². The number of carbonyl (C=O) groups excluding carboxylic acids is 3. The van der Waals surface area contributed by atoms with Gasteiger partial charge in [0.2, 0.25) is 17.7 Å². The van der Waals surface area contributed by atoms with Gasteiger partial charge in [-0.05, 0) is 82.3 Å². The molecule has 4 aliphatic rings. The molecule has 2 atom stereocenters. The zero-order chi connectivity index (χ0) is 37.6. The summed E-state index contributed by atoms with van der Waals surface area (Å²) >= 11 is 0. The van der Waals surface area contributed by atoms with E-state index in [2.05, 4.69) is 35.7 Å². The number of benzene rings is 2. The maximum absolute atomic E-state index is 15.0. The van der Waals surface area contributed by atoms with Crippen LogP contribution in [0.15, 0.2) is 35.1 Å². The fourth-order valence-electron chi connectivity index (χ4n) is 7.54. The van der Waals surface area contributed by atoms with Crippen molar-refractivity contribution in [2.45, 2.75) is 63.7 Å².